The van der Waals surface area contributed by atoms with Gasteiger partial charge >= 0.3 is 23.9 Å². The molecule has 0 aromatic rings. The van der Waals surface area contributed by atoms with Gasteiger partial charge in [0.15, 0.2) is 0 Å². The number of rotatable bonds is 83. The van der Waals surface area contributed by atoms with Gasteiger partial charge in [-0.3, -0.25) is 57.5 Å². The van der Waals surface area contributed by atoms with Gasteiger partial charge in [-0.2, -0.15) is 0 Å². The Labute approximate surface area is 659 Å². The Morgan fingerprint density at radius 3 is 0.973 bits per heavy atom. The quantitative estimate of drug-likeness (QED) is 0.0275. The second-order valence-corrected chi connectivity index (χ2v) is 27.8. The largest absolute Gasteiger partial charge is 0.481 e. The Balaban J connectivity index is -0.0000605. The molecule has 0 unspecified atom stereocenters. The third-order valence-electron chi connectivity index (χ3n) is 17.9. The number of carboxylic acid groups (broad SMARTS) is 4. The van der Waals surface area contributed by atoms with Crippen LogP contribution in [0.1, 0.15) is 254 Å². The fourth-order valence-electron chi connectivity index (χ4n) is 11.3. The van der Waals surface area contributed by atoms with E-state index < -0.39 is 78.7 Å². The summed E-state index contributed by atoms with van der Waals surface area (Å²) in [4.78, 5) is 169. The molecular weight excluding hydrogens is 1450 g/mol. The SMILES string of the molecule is CC(=O)[C@H](CCCCNC(=O)CC[C@H](NC(=O)COCCOCCNC(=O)COCCOCCCC(=O)CCCCCCCCCCCCC(=O)O)C(=O)O)CC(=O)[C@@H](C)CCCCNC(=O)CC[C@H](NC(=O)COCCOCCNC(=O)COCCOCCNC(=O)CCCCCCCCCCCCC(=O)O)C(=O)O.[HH].[HH]. The van der Waals surface area contributed by atoms with Crippen LogP contribution in [-0.4, -0.2) is 254 Å². The molecule has 0 saturated heterocycles. The summed E-state index contributed by atoms with van der Waals surface area (Å²) in [5, 5.41) is 54.9. The smallest absolute Gasteiger partial charge is 0.326 e. The molecule has 0 spiro atoms. The predicted molar refractivity (Wildman–Crippen MR) is 414 cm³/mol. The van der Waals surface area contributed by atoms with Crippen LogP contribution in [0.5, 0.6) is 0 Å². The maximum atomic E-state index is 13.1. The minimum absolute atomic E-state index is 0. The van der Waals surface area contributed by atoms with Crippen molar-refractivity contribution in [1.82, 2.24) is 37.2 Å². The van der Waals surface area contributed by atoms with Crippen LogP contribution in [0.4, 0.5) is 0 Å². The standard InChI is InChI=1S/C78H137N7O26.2H2/c1-61(28-23-25-39-79-69(90)37-35-65(77(100)101)84-73(94)59-110-55-51-107-47-43-83-72(93)58-109-53-49-105-45-41-81-68(89)32-20-16-12-8-4-6-10-14-18-22-34-76(98)99)67(88)56-63(62(2)86)29-24-26-40-80-70(91)38-36-66(78(102)103)85-74(95)60-111-54-50-106-46-42-82-71(92)57-108-52-48-104-44-27-31-64(87)30-19-15-11-7-3-5-9-13-17-21-33-75(96)97;;/h61,63,65-66H,3-60H2,1-2H3,(H,79,90)(H,80,91)(H,81,89)(H,82,92)(H,83,93)(H,84,94)(H,85,95)(H,96,97)(H,98,99)(H,100,101)(H,102,103);2*1H/t61-,63+,65-,66-;;/m0../s1. The van der Waals surface area contributed by atoms with Gasteiger partial charge in [0.1, 0.15) is 55.9 Å². The molecule has 644 valence electrons. The molecule has 0 aliphatic rings. The molecule has 111 heavy (non-hydrogen) atoms. The third-order valence-corrected chi connectivity index (χ3v) is 17.9. The molecular formula is C78H141N7O26. The first kappa shape index (κ1) is 104. The van der Waals surface area contributed by atoms with E-state index >= 15 is 0 Å². The Morgan fingerprint density at radius 1 is 0.288 bits per heavy atom. The molecule has 33 nitrogen and oxygen atoms in total. The average Bonchev–Trinajstić information content (AvgIpc) is 0.915. The van der Waals surface area contributed by atoms with Gasteiger partial charge in [0.2, 0.25) is 41.4 Å². The molecule has 4 atom stereocenters. The summed E-state index contributed by atoms with van der Waals surface area (Å²) < 4.78 is 43.0. The van der Waals surface area contributed by atoms with Crippen molar-refractivity contribution in [3.8, 4) is 0 Å². The van der Waals surface area contributed by atoms with E-state index in [0.717, 1.165) is 116 Å². The van der Waals surface area contributed by atoms with E-state index in [9.17, 15) is 77.3 Å². The van der Waals surface area contributed by atoms with Gasteiger partial charge in [0.25, 0.3) is 0 Å². The van der Waals surface area contributed by atoms with Crippen LogP contribution in [0, 0.1) is 11.8 Å². The minimum atomic E-state index is -1.35. The van der Waals surface area contributed by atoms with Gasteiger partial charge in [-0.15, -0.1) is 0 Å². The van der Waals surface area contributed by atoms with Crippen LogP contribution in [-0.2, 0) is 105 Å². The average molecular weight is 1590 g/mol. The van der Waals surface area contributed by atoms with Crippen LogP contribution < -0.4 is 37.2 Å². The molecule has 0 rings (SSSR count). The van der Waals surface area contributed by atoms with E-state index in [1.165, 1.54) is 19.8 Å². The Bertz CT molecular complexity index is 2580. The molecule has 0 aromatic heterocycles. The molecule has 0 fully saturated rings. The van der Waals surface area contributed by atoms with Crippen molar-refractivity contribution >= 4 is 82.6 Å². The van der Waals surface area contributed by atoms with E-state index in [0.29, 0.717) is 84.0 Å². The lowest BCUT2D eigenvalue weighted by atomic mass is 9.87. The number of aliphatic carboxylic acids is 4. The van der Waals surface area contributed by atoms with Crippen molar-refractivity contribution in [3.05, 3.63) is 0 Å². The molecule has 7 amide bonds. The highest BCUT2D eigenvalue weighted by Gasteiger charge is 2.25. The van der Waals surface area contributed by atoms with Crippen molar-refractivity contribution < 1.29 is 128 Å². The summed E-state index contributed by atoms with van der Waals surface area (Å²) in [6, 6.07) is -2.69. The highest BCUT2D eigenvalue weighted by atomic mass is 16.5. The van der Waals surface area contributed by atoms with Crippen molar-refractivity contribution in [2.45, 2.75) is 264 Å². The summed E-state index contributed by atoms with van der Waals surface area (Å²) in [7, 11) is 0. The maximum absolute atomic E-state index is 13.1. The molecule has 0 aliphatic carbocycles. The Morgan fingerprint density at radius 2 is 0.595 bits per heavy atom. The normalized spacial score (nSPS) is 12.2. The number of unbranched alkanes of at least 4 members (excludes halogenated alkanes) is 20. The topological polar surface area (TPSA) is 478 Å². The van der Waals surface area contributed by atoms with Gasteiger partial charge < -0.3 is 95.5 Å². The fraction of sp³-hybridized carbons (Fsp3) is 0.821. The fourth-order valence-corrected chi connectivity index (χ4v) is 11.3. The maximum Gasteiger partial charge on any atom is 0.326 e. The first-order chi connectivity index (χ1) is 53.5. The minimum Gasteiger partial charge on any atom is -0.481 e. The lowest BCUT2D eigenvalue weighted by Crippen LogP contribution is -2.43. The van der Waals surface area contributed by atoms with Crippen LogP contribution in [0.2, 0.25) is 0 Å². The van der Waals surface area contributed by atoms with Crippen molar-refractivity contribution in [1.29, 1.82) is 0 Å². The van der Waals surface area contributed by atoms with Crippen LogP contribution in [0.15, 0.2) is 0 Å². The number of ketones is 3. The number of nitrogens with one attached hydrogen (secondary N) is 7. The summed E-state index contributed by atoms with van der Waals surface area (Å²) in [6.07, 6.45) is 25.8. The van der Waals surface area contributed by atoms with Crippen molar-refractivity contribution in [3.63, 3.8) is 0 Å². The van der Waals surface area contributed by atoms with Crippen molar-refractivity contribution in [2.75, 3.05) is 138 Å². The molecule has 0 heterocycles. The van der Waals surface area contributed by atoms with Crippen molar-refractivity contribution in [2.24, 2.45) is 11.8 Å². The van der Waals surface area contributed by atoms with Gasteiger partial charge in [-0.05, 0) is 77.6 Å². The van der Waals surface area contributed by atoms with Crippen LogP contribution >= 0.6 is 0 Å². The lowest BCUT2D eigenvalue weighted by molar-refractivity contribution is -0.143. The molecule has 33 heteroatoms. The second-order valence-electron chi connectivity index (χ2n) is 27.8. The predicted octanol–water partition coefficient (Wildman–Crippen LogP) is 6.91. The molecule has 0 aromatic carbocycles. The van der Waals surface area contributed by atoms with E-state index in [-0.39, 0.29) is 194 Å². The first-order valence-electron chi connectivity index (χ1n) is 40.5. The molecule has 0 radical (unpaired) electrons. The van der Waals surface area contributed by atoms with Gasteiger partial charge in [-0.1, -0.05) is 122 Å². The second kappa shape index (κ2) is 74.3. The monoisotopic (exact) mass is 1590 g/mol. The number of carbonyl (C=O) groups is 14. The number of ether oxygens (including phenoxy) is 8. The Hall–Kier alpha value is -7.14. The lowest BCUT2D eigenvalue weighted by Gasteiger charge is -2.17. The number of hydrogen-bond acceptors (Lipinski definition) is 22. The zero-order chi connectivity index (χ0) is 82.0. The van der Waals surface area contributed by atoms with Crippen LogP contribution in [0.3, 0.4) is 0 Å². The first-order valence-corrected chi connectivity index (χ1v) is 40.5. The van der Waals surface area contributed by atoms with Crippen LogP contribution in [0.25, 0.3) is 0 Å². The highest BCUT2D eigenvalue weighted by Crippen LogP contribution is 2.21. The van der Waals surface area contributed by atoms with Gasteiger partial charge in [0, 0.05) is 105 Å². The number of Topliss-reactive ketones (excluding diaryl/α,β-unsaturated/α-hetero) is 3. The third kappa shape index (κ3) is 71.6. The zero-order valence-electron chi connectivity index (χ0n) is 66.6. The summed E-state index contributed by atoms with van der Waals surface area (Å²) in [5.41, 5.74) is 0. The summed E-state index contributed by atoms with van der Waals surface area (Å²) >= 11 is 0. The van der Waals surface area contributed by atoms with Gasteiger partial charge in [0.05, 0.1) is 72.7 Å². The number of carbonyl (C=O) groups excluding carboxylic acids is 10. The number of carboxylic acids is 4. The van der Waals surface area contributed by atoms with E-state index in [1.54, 1.807) is 6.92 Å². The van der Waals surface area contributed by atoms with E-state index in [4.69, 9.17) is 48.1 Å². The summed E-state index contributed by atoms with van der Waals surface area (Å²) in [6.45, 7) is 5.47. The Kier molecular flexibility index (Phi) is 69.5. The highest BCUT2D eigenvalue weighted by molar-refractivity contribution is 5.88. The molecule has 0 aliphatic heterocycles. The van der Waals surface area contributed by atoms with E-state index in [2.05, 4.69) is 37.2 Å². The number of amides is 7. The zero-order valence-corrected chi connectivity index (χ0v) is 66.6. The molecule has 11 N–H and O–H groups in total. The molecule has 0 bridgehead atoms. The summed E-state index contributed by atoms with van der Waals surface area (Å²) in [5.74, 6) is -7.93. The number of hydrogen-bond donors (Lipinski definition) is 11. The van der Waals surface area contributed by atoms with Gasteiger partial charge in [-0.25, -0.2) is 9.59 Å². The molecule has 0 saturated carbocycles. The van der Waals surface area contributed by atoms with E-state index in [1.807, 2.05) is 0 Å².